The molecule has 0 aromatic heterocycles. The third-order valence-electron chi connectivity index (χ3n) is 3.59. The van der Waals surface area contributed by atoms with E-state index in [1.807, 2.05) is 0 Å². The number of hydrogen-bond donors (Lipinski definition) is 0. The molecule has 2 heterocycles. The van der Waals surface area contributed by atoms with Crippen LogP contribution in [0.1, 0.15) is 31.9 Å². The van der Waals surface area contributed by atoms with Gasteiger partial charge in [-0.05, 0) is 31.5 Å². The smallest absolute Gasteiger partial charge is 0.375 e. The summed E-state index contributed by atoms with van der Waals surface area (Å²) in [5.74, 6) is -0.940. The molecule has 0 amide bonds. The van der Waals surface area contributed by atoms with Crippen LogP contribution in [0.15, 0.2) is 35.6 Å². The molecule has 1 aromatic carbocycles. The van der Waals surface area contributed by atoms with Gasteiger partial charge in [-0.1, -0.05) is 0 Å². The number of carbonyl (C=O) groups is 2. The summed E-state index contributed by atoms with van der Waals surface area (Å²) >= 11 is 0. The Morgan fingerprint density at radius 1 is 1.23 bits per heavy atom. The number of esters is 1. The molecule has 1 atom stereocenters. The van der Waals surface area contributed by atoms with E-state index < -0.39 is 22.6 Å². The van der Waals surface area contributed by atoms with Crippen LogP contribution in [0.5, 0.6) is 0 Å². The topological polar surface area (TPSA) is 95.7 Å². The molecule has 2 aliphatic heterocycles. The Morgan fingerprint density at radius 2 is 1.86 bits per heavy atom. The van der Waals surface area contributed by atoms with Gasteiger partial charge in [0.1, 0.15) is 5.60 Å². The fraction of sp³-hybridized carbons (Fsp3) is 0.333. The molecule has 1 aromatic rings. The standard InChI is InChI=1S/C15H13NO6/c1-15(2)7-10(17)11-12(21-14(18)13(11)22-15)8-3-5-9(6-4-8)16(19)20/h3-6,12H,7H2,1-2H3. The number of rotatable bonds is 2. The minimum Gasteiger partial charge on any atom is -0.480 e. The lowest BCUT2D eigenvalue weighted by Crippen LogP contribution is -2.34. The van der Waals surface area contributed by atoms with Gasteiger partial charge in [-0.2, -0.15) is 0 Å². The van der Waals surface area contributed by atoms with E-state index in [-0.39, 0.29) is 29.2 Å². The third kappa shape index (κ3) is 2.24. The fourth-order valence-corrected chi connectivity index (χ4v) is 2.62. The Bertz CT molecular complexity index is 716. The van der Waals surface area contributed by atoms with Crippen LogP contribution in [0.2, 0.25) is 0 Å². The Hall–Kier alpha value is -2.70. The number of benzene rings is 1. The minimum absolute atomic E-state index is 0.0513. The zero-order valence-electron chi connectivity index (χ0n) is 12.0. The lowest BCUT2D eigenvalue weighted by atomic mass is 9.89. The van der Waals surface area contributed by atoms with Crippen molar-refractivity contribution in [3.8, 4) is 0 Å². The highest BCUT2D eigenvalue weighted by Gasteiger charge is 2.47. The van der Waals surface area contributed by atoms with Gasteiger partial charge in [0.15, 0.2) is 11.9 Å². The van der Waals surface area contributed by atoms with Crippen molar-refractivity contribution in [2.75, 3.05) is 0 Å². The maximum atomic E-state index is 12.3. The van der Waals surface area contributed by atoms with Gasteiger partial charge < -0.3 is 9.47 Å². The van der Waals surface area contributed by atoms with Gasteiger partial charge in [-0.25, -0.2) is 4.79 Å². The first-order chi connectivity index (χ1) is 10.3. The van der Waals surface area contributed by atoms with Gasteiger partial charge in [0, 0.05) is 12.1 Å². The Balaban J connectivity index is 1.99. The Labute approximate surface area is 125 Å². The molecule has 0 spiro atoms. The average Bonchev–Trinajstić information content (AvgIpc) is 2.75. The highest BCUT2D eigenvalue weighted by Crippen LogP contribution is 2.42. The summed E-state index contributed by atoms with van der Waals surface area (Å²) in [5.41, 5.74) is -0.132. The molecule has 0 aliphatic carbocycles. The maximum absolute atomic E-state index is 12.3. The average molecular weight is 303 g/mol. The second kappa shape index (κ2) is 4.66. The first-order valence-corrected chi connectivity index (χ1v) is 6.70. The quantitative estimate of drug-likeness (QED) is 0.472. The van der Waals surface area contributed by atoms with Gasteiger partial charge in [0.2, 0.25) is 5.76 Å². The van der Waals surface area contributed by atoms with Gasteiger partial charge >= 0.3 is 5.97 Å². The predicted molar refractivity (Wildman–Crippen MR) is 73.7 cm³/mol. The molecule has 3 rings (SSSR count). The summed E-state index contributed by atoms with van der Waals surface area (Å²) in [6, 6.07) is 5.55. The van der Waals surface area contributed by atoms with E-state index in [0.29, 0.717) is 5.56 Å². The molecule has 7 heteroatoms. The van der Waals surface area contributed by atoms with Gasteiger partial charge in [-0.15, -0.1) is 0 Å². The Morgan fingerprint density at radius 3 is 2.45 bits per heavy atom. The van der Waals surface area contributed by atoms with Crippen molar-refractivity contribution >= 4 is 17.4 Å². The fourth-order valence-electron chi connectivity index (χ4n) is 2.62. The first kappa shape index (κ1) is 14.2. The van der Waals surface area contributed by atoms with Crippen molar-refractivity contribution < 1.29 is 24.0 Å². The van der Waals surface area contributed by atoms with Crippen LogP contribution in [-0.4, -0.2) is 22.3 Å². The van der Waals surface area contributed by atoms with Crippen molar-refractivity contribution in [2.45, 2.75) is 32.0 Å². The Kier molecular flexibility index (Phi) is 3.01. The lowest BCUT2D eigenvalue weighted by molar-refractivity contribution is -0.384. The zero-order chi connectivity index (χ0) is 16.1. The van der Waals surface area contributed by atoms with Crippen molar-refractivity contribution in [2.24, 2.45) is 0 Å². The lowest BCUT2D eigenvalue weighted by Gasteiger charge is -2.29. The summed E-state index contributed by atoms with van der Waals surface area (Å²) in [6.45, 7) is 3.45. The molecule has 7 nitrogen and oxygen atoms in total. The molecule has 0 bridgehead atoms. The van der Waals surface area contributed by atoms with Crippen molar-refractivity contribution in [3.63, 3.8) is 0 Å². The SMILES string of the molecule is CC1(C)CC(=O)C2=C(O1)C(=O)OC2c1ccc([N+](=O)[O-])cc1. The molecule has 0 saturated heterocycles. The van der Waals surface area contributed by atoms with E-state index >= 15 is 0 Å². The summed E-state index contributed by atoms with van der Waals surface area (Å²) in [4.78, 5) is 34.4. The number of nitrogens with zero attached hydrogens (tertiary/aromatic N) is 1. The van der Waals surface area contributed by atoms with E-state index in [0.717, 1.165) is 0 Å². The van der Waals surface area contributed by atoms with Crippen LogP contribution >= 0.6 is 0 Å². The number of non-ortho nitro benzene ring substituents is 1. The molecule has 114 valence electrons. The molecule has 22 heavy (non-hydrogen) atoms. The summed E-state index contributed by atoms with van der Waals surface area (Å²) in [6.07, 6.45) is -0.724. The molecule has 0 saturated carbocycles. The second-order valence-electron chi connectivity index (χ2n) is 5.84. The number of nitro groups is 1. The summed E-state index contributed by atoms with van der Waals surface area (Å²) in [7, 11) is 0. The van der Waals surface area contributed by atoms with Gasteiger partial charge in [-0.3, -0.25) is 14.9 Å². The van der Waals surface area contributed by atoms with E-state index in [1.165, 1.54) is 24.3 Å². The maximum Gasteiger partial charge on any atom is 0.375 e. The molecule has 0 radical (unpaired) electrons. The number of ketones is 1. The minimum atomic E-state index is -0.869. The molecular weight excluding hydrogens is 290 g/mol. The van der Waals surface area contributed by atoms with Crippen LogP contribution in [0.25, 0.3) is 0 Å². The molecular formula is C15H13NO6. The van der Waals surface area contributed by atoms with Crippen molar-refractivity contribution in [1.29, 1.82) is 0 Å². The predicted octanol–water partition coefficient (Wildman–Crippen LogP) is 2.21. The highest BCUT2D eigenvalue weighted by atomic mass is 16.6. The van der Waals surface area contributed by atoms with Gasteiger partial charge in [0.25, 0.3) is 5.69 Å². The second-order valence-corrected chi connectivity index (χ2v) is 5.84. The molecule has 0 N–H and O–H groups in total. The number of Topliss-reactive ketones (excluding diaryl/α,β-unsaturated/α-hetero) is 1. The van der Waals surface area contributed by atoms with Crippen LogP contribution in [0.3, 0.4) is 0 Å². The normalized spacial score (nSPS) is 22.9. The van der Waals surface area contributed by atoms with Crippen LogP contribution in [-0.2, 0) is 19.1 Å². The van der Waals surface area contributed by atoms with E-state index in [9.17, 15) is 19.7 Å². The molecule has 1 unspecified atom stereocenters. The number of cyclic esters (lactones) is 1. The molecule has 0 fully saturated rings. The van der Waals surface area contributed by atoms with E-state index in [4.69, 9.17) is 9.47 Å². The summed E-state index contributed by atoms with van der Waals surface area (Å²) in [5, 5.41) is 10.7. The highest BCUT2D eigenvalue weighted by molar-refractivity contribution is 6.07. The number of hydrogen-bond acceptors (Lipinski definition) is 6. The van der Waals surface area contributed by atoms with Crippen molar-refractivity contribution in [1.82, 2.24) is 0 Å². The van der Waals surface area contributed by atoms with Crippen LogP contribution < -0.4 is 0 Å². The monoisotopic (exact) mass is 303 g/mol. The van der Waals surface area contributed by atoms with Gasteiger partial charge in [0.05, 0.1) is 16.9 Å². The van der Waals surface area contributed by atoms with E-state index in [2.05, 4.69) is 0 Å². The molecule has 2 aliphatic rings. The number of carbonyl (C=O) groups excluding carboxylic acids is 2. The first-order valence-electron chi connectivity index (χ1n) is 6.70. The van der Waals surface area contributed by atoms with Crippen LogP contribution in [0.4, 0.5) is 5.69 Å². The van der Waals surface area contributed by atoms with E-state index in [1.54, 1.807) is 13.8 Å². The van der Waals surface area contributed by atoms with Crippen LogP contribution in [0, 0.1) is 10.1 Å². The zero-order valence-corrected chi connectivity index (χ0v) is 12.0. The van der Waals surface area contributed by atoms with Crippen molar-refractivity contribution in [3.05, 3.63) is 51.3 Å². The summed E-state index contributed by atoms with van der Waals surface area (Å²) < 4.78 is 10.8. The largest absolute Gasteiger partial charge is 0.480 e. The number of ether oxygens (including phenoxy) is 2. The third-order valence-corrected chi connectivity index (χ3v) is 3.59. The number of nitro benzene ring substituents is 1.